The van der Waals surface area contributed by atoms with E-state index in [1.54, 1.807) is 30.3 Å². The number of nitrogens with one attached hydrogen (secondary N) is 1. The van der Waals surface area contributed by atoms with Crippen LogP contribution in [-0.2, 0) is 14.3 Å². The van der Waals surface area contributed by atoms with Crippen molar-refractivity contribution in [2.24, 2.45) is 5.92 Å². The van der Waals surface area contributed by atoms with Crippen LogP contribution >= 0.6 is 0 Å². The summed E-state index contributed by atoms with van der Waals surface area (Å²) in [5.74, 6) is 1.50. The number of rotatable bonds is 7. The van der Waals surface area contributed by atoms with Crippen molar-refractivity contribution in [2.45, 2.75) is 38.2 Å². The number of amides is 1. The standard InChI is InChI=1S/C27H33F2N7O3/c28-25(29)26-31-20-3-1-2-4-21(20)36(26)23-16-22(32-27(33-23)34-9-13-39-14-10-34)30-19-5-8-35(17-19)24(37)15-18-6-11-38-12-7-18/h1-4,16,18-19,25H,5-15,17H2,(H,30,32,33). The lowest BCUT2D eigenvalue weighted by Gasteiger charge is -2.28. The van der Waals surface area contributed by atoms with Gasteiger partial charge in [-0.2, -0.15) is 9.97 Å². The van der Waals surface area contributed by atoms with Crippen molar-refractivity contribution in [3.05, 3.63) is 36.2 Å². The number of hydrogen-bond donors (Lipinski definition) is 1. The van der Waals surface area contributed by atoms with Gasteiger partial charge in [0, 0.05) is 57.9 Å². The predicted molar refractivity (Wildman–Crippen MR) is 141 cm³/mol. The number of hydrogen-bond acceptors (Lipinski definition) is 8. The van der Waals surface area contributed by atoms with Crippen molar-refractivity contribution < 1.29 is 23.0 Å². The lowest BCUT2D eigenvalue weighted by molar-refractivity contribution is -0.131. The molecule has 1 N–H and O–H groups in total. The number of carbonyl (C=O) groups is 1. The van der Waals surface area contributed by atoms with Crippen LogP contribution in [0.25, 0.3) is 16.9 Å². The van der Waals surface area contributed by atoms with Crippen LogP contribution < -0.4 is 10.2 Å². The van der Waals surface area contributed by atoms with E-state index in [2.05, 4.69) is 10.3 Å². The first-order chi connectivity index (χ1) is 19.0. The number of anilines is 2. The summed E-state index contributed by atoms with van der Waals surface area (Å²) in [6.07, 6.45) is 0.416. The van der Waals surface area contributed by atoms with Crippen molar-refractivity contribution in [1.29, 1.82) is 0 Å². The average Bonchev–Trinajstić information content (AvgIpc) is 3.59. The summed E-state index contributed by atoms with van der Waals surface area (Å²) in [5, 5.41) is 3.46. The maximum absolute atomic E-state index is 14.1. The van der Waals surface area contributed by atoms with E-state index >= 15 is 0 Å². The fourth-order valence-electron chi connectivity index (χ4n) is 5.59. The summed E-state index contributed by atoms with van der Waals surface area (Å²) < 4.78 is 40.5. The van der Waals surface area contributed by atoms with Crippen molar-refractivity contribution in [1.82, 2.24) is 24.4 Å². The zero-order valence-electron chi connectivity index (χ0n) is 21.8. The molecule has 39 heavy (non-hydrogen) atoms. The summed E-state index contributed by atoms with van der Waals surface area (Å²) in [7, 11) is 0. The Morgan fingerprint density at radius 1 is 1.00 bits per heavy atom. The lowest BCUT2D eigenvalue weighted by Crippen LogP contribution is -2.38. The number of imidazole rings is 1. The zero-order chi connectivity index (χ0) is 26.8. The van der Waals surface area contributed by atoms with Gasteiger partial charge in [0.05, 0.1) is 24.2 Å². The number of ether oxygens (including phenoxy) is 2. The van der Waals surface area contributed by atoms with Gasteiger partial charge in [-0.3, -0.25) is 9.36 Å². The molecule has 3 aliphatic rings. The van der Waals surface area contributed by atoms with Gasteiger partial charge >= 0.3 is 0 Å². The highest BCUT2D eigenvalue weighted by atomic mass is 19.3. The van der Waals surface area contributed by atoms with Crippen LogP contribution in [0.5, 0.6) is 0 Å². The molecule has 3 aromatic rings. The van der Waals surface area contributed by atoms with Crippen LogP contribution in [0, 0.1) is 5.92 Å². The number of aromatic nitrogens is 4. The van der Waals surface area contributed by atoms with E-state index in [4.69, 9.17) is 19.4 Å². The van der Waals surface area contributed by atoms with Crippen LogP contribution in [0.3, 0.4) is 0 Å². The molecule has 208 valence electrons. The number of alkyl halides is 2. The molecule has 1 amide bonds. The monoisotopic (exact) mass is 541 g/mol. The van der Waals surface area contributed by atoms with Gasteiger partial charge in [-0.1, -0.05) is 12.1 Å². The fraction of sp³-hybridized carbons (Fsp3) is 0.556. The van der Waals surface area contributed by atoms with E-state index in [1.165, 1.54) is 4.57 Å². The Bertz CT molecular complexity index is 1310. The maximum Gasteiger partial charge on any atom is 0.296 e. The summed E-state index contributed by atoms with van der Waals surface area (Å²) in [6, 6.07) is 8.73. The number of morpholine rings is 1. The Kier molecular flexibility index (Phi) is 7.55. The fourth-order valence-corrected chi connectivity index (χ4v) is 5.59. The number of halogens is 2. The second-order valence-electron chi connectivity index (χ2n) is 10.3. The van der Waals surface area contributed by atoms with Crippen molar-refractivity contribution in [2.75, 3.05) is 62.8 Å². The Hall–Kier alpha value is -3.38. The number of para-hydroxylation sites is 2. The van der Waals surface area contributed by atoms with Gasteiger partial charge in [-0.05, 0) is 37.3 Å². The van der Waals surface area contributed by atoms with Crippen LogP contribution in [-0.4, -0.2) is 89.0 Å². The summed E-state index contributed by atoms with van der Waals surface area (Å²) in [4.78, 5) is 30.5. The molecule has 0 saturated carbocycles. The number of benzene rings is 1. The van der Waals surface area contributed by atoms with E-state index in [9.17, 15) is 13.6 Å². The highest BCUT2D eigenvalue weighted by Gasteiger charge is 2.29. The van der Waals surface area contributed by atoms with E-state index in [0.29, 0.717) is 80.3 Å². The molecule has 0 spiro atoms. The molecule has 1 unspecified atom stereocenters. The smallest absolute Gasteiger partial charge is 0.296 e. The van der Waals surface area contributed by atoms with Gasteiger partial charge in [-0.25, -0.2) is 13.8 Å². The molecular weight excluding hydrogens is 508 g/mol. The minimum absolute atomic E-state index is 0.00183. The molecule has 3 fully saturated rings. The Morgan fingerprint density at radius 2 is 1.77 bits per heavy atom. The first-order valence-corrected chi connectivity index (χ1v) is 13.6. The van der Waals surface area contributed by atoms with E-state index in [0.717, 1.165) is 32.5 Å². The Morgan fingerprint density at radius 3 is 2.56 bits per heavy atom. The molecule has 3 aliphatic heterocycles. The minimum Gasteiger partial charge on any atom is -0.381 e. The number of nitrogens with zero attached hydrogens (tertiary/aromatic N) is 6. The summed E-state index contributed by atoms with van der Waals surface area (Å²) >= 11 is 0. The molecular formula is C27H33F2N7O3. The first kappa shape index (κ1) is 25.9. The van der Waals surface area contributed by atoms with Crippen LogP contribution in [0.1, 0.15) is 37.9 Å². The zero-order valence-corrected chi connectivity index (χ0v) is 21.8. The normalized spacial score (nSPS) is 20.7. The molecule has 6 rings (SSSR count). The van der Waals surface area contributed by atoms with Crippen LogP contribution in [0.4, 0.5) is 20.5 Å². The second kappa shape index (κ2) is 11.4. The van der Waals surface area contributed by atoms with E-state index in [-0.39, 0.29) is 17.8 Å². The average molecular weight is 542 g/mol. The Labute approximate surface area is 225 Å². The molecule has 0 bridgehead atoms. The number of carbonyl (C=O) groups excluding carboxylic acids is 1. The van der Waals surface area contributed by atoms with Crippen molar-refractivity contribution in [3.8, 4) is 5.82 Å². The molecule has 2 aromatic heterocycles. The van der Waals surface area contributed by atoms with Crippen LogP contribution in [0.15, 0.2) is 30.3 Å². The van der Waals surface area contributed by atoms with Gasteiger partial charge in [0.1, 0.15) is 11.6 Å². The molecule has 5 heterocycles. The molecule has 10 nitrogen and oxygen atoms in total. The molecule has 0 aliphatic carbocycles. The first-order valence-electron chi connectivity index (χ1n) is 13.6. The van der Waals surface area contributed by atoms with Crippen LogP contribution in [0.2, 0.25) is 0 Å². The third-order valence-corrected chi connectivity index (χ3v) is 7.70. The highest BCUT2D eigenvalue weighted by molar-refractivity contribution is 5.78. The number of fused-ring (bicyclic) bond motifs is 1. The third-order valence-electron chi connectivity index (χ3n) is 7.70. The van der Waals surface area contributed by atoms with Gasteiger partial charge in [0.15, 0.2) is 5.82 Å². The molecule has 1 atom stereocenters. The Balaban J connectivity index is 1.27. The highest BCUT2D eigenvalue weighted by Crippen LogP contribution is 2.30. The third kappa shape index (κ3) is 5.67. The minimum atomic E-state index is -2.78. The van der Waals surface area contributed by atoms with Crippen molar-refractivity contribution in [3.63, 3.8) is 0 Å². The van der Waals surface area contributed by atoms with Crippen molar-refractivity contribution >= 4 is 28.7 Å². The quantitative estimate of drug-likeness (QED) is 0.486. The summed E-state index contributed by atoms with van der Waals surface area (Å²) in [6.45, 7) is 4.99. The topological polar surface area (TPSA) is 97.6 Å². The molecule has 12 heteroatoms. The molecule has 1 aromatic carbocycles. The second-order valence-corrected chi connectivity index (χ2v) is 10.3. The predicted octanol–water partition coefficient (Wildman–Crippen LogP) is 3.42. The van der Waals surface area contributed by atoms with Gasteiger partial charge in [0.2, 0.25) is 11.9 Å². The van der Waals surface area contributed by atoms with Gasteiger partial charge in [-0.15, -0.1) is 0 Å². The number of likely N-dealkylation sites (tertiary alicyclic amines) is 1. The molecule has 0 radical (unpaired) electrons. The SMILES string of the molecule is O=C(CC1CCOCC1)N1CCC(Nc2cc(-n3c(C(F)F)nc4ccccc43)nc(N3CCOCC3)n2)C1. The summed E-state index contributed by atoms with van der Waals surface area (Å²) in [5.41, 5.74) is 1.03. The van der Waals surface area contributed by atoms with E-state index < -0.39 is 6.43 Å². The lowest BCUT2D eigenvalue weighted by atomic mass is 9.96. The molecule has 3 saturated heterocycles. The van der Waals surface area contributed by atoms with Gasteiger partial charge < -0.3 is 24.6 Å². The van der Waals surface area contributed by atoms with Gasteiger partial charge in [0.25, 0.3) is 6.43 Å². The maximum atomic E-state index is 14.1. The van der Waals surface area contributed by atoms with E-state index in [1.807, 2.05) is 9.80 Å². The largest absolute Gasteiger partial charge is 0.381 e.